The molecule has 0 fully saturated rings. The van der Waals surface area contributed by atoms with E-state index in [0.29, 0.717) is 5.56 Å². The highest BCUT2D eigenvalue weighted by Crippen LogP contribution is 2.43. The van der Waals surface area contributed by atoms with E-state index in [1.165, 1.54) is 6.07 Å². The number of carbonyl (C=O) groups excluding carboxylic acids is 1. The SMILES string of the molecule is CC(=O)OC1Cc2ccccc2C1(F)F. The summed E-state index contributed by atoms with van der Waals surface area (Å²) in [5.74, 6) is -3.74. The van der Waals surface area contributed by atoms with Gasteiger partial charge in [0.2, 0.25) is 0 Å². The zero-order chi connectivity index (χ0) is 11.1. The molecule has 80 valence electrons. The second-order valence-electron chi connectivity index (χ2n) is 3.58. The number of esters is 1. The lowest BCUT2D eigenvalue weighted by atomic mass is 10.1. The minimum atomic E-state index is -3.07. The van der Waals surface area contributed by atoms with Crippen molar-refractivity contribution in [3.63, 3.8) is 0 Å². The van der Waals surface area contributed by atoms with Crippen molar-refractivity contribution in [2.75, 3.05) is 0 Å². The van der Waals surface area contributed by atoms with Crippen LogP contribution in [0.2, 0.25) is 0 Å². The maximum Gasteiger partial charge on any atom is 0.309 e. The van der Waals surface area contributed by atoms with Gasteiger partial charge in [0.1, 0.15) is 0 Å². The van der Waals surface area contributed by atoms with Crippen molar-refractivity contribution < 1.29 is 18.3 Å². The quantitative estimate of drug-likeness (QED) is 0.667. The zero-order valence-corrected chi connectivity index (χ0v) is 8.17. The lowest BCUT2D eigenvalue weighted by molar-refractivity contribution is -0.169. The van der Waals surface area contributed by atoms with E-state index in [1.54, 1.807) is 18.2 Å². The lowest BCUT2D eigenvalue weighted by Crippen LogP contribution is -2.30. The van der Waals surface area contributed by atoms with Crippen LogP contribution in [0.15, 0.2) is 24.3 Å². The topological polar surface area (TPSA) is 26.3 Å². The van der Waals surface area contributed by atoms with Gasteiger partial charge in [-0.25, -0.2) is 0 Å². The first-order valence-corrected chi connectivity index (χ1v) is 4.65. The summed E-state index contributed by atoms with van der Waals surface area (Å²) < 4.78 is 32.0. The zero-order valence-electron chi connectivity index (χ0n) is 8.17. The number of rotatable bonds is 1. The van der Waals surface area contributed by atoms with E-state index >= 15 is 0 Å². The maximum absolute atomic E-state index is 13.7. The Balaban J connectivity index is 2.34. The van der Waals surface area contributed by atoms with Crippen LogP contribution in [0.3, 0.4) is 0 Å². The van der Waals surface area contributed by atoms with E-state index in [1.807, 2.05) is 0 Å². The molecular formula is C11H10F2O2. The van der Waals surface area contributed by atoms with Crippen molar-refractivity contribution in [2.24, 2.45) is 0 Å². The molecule has 15 heavy (non-hydrogen) atoms. The fourth-order valence-electron chi connectivity index (χ4n) is 1.84. The largest absolute Gasteiger partial charge is 0.455 e. The van der Waals surface area contributed by atoms with Crippen LogP contribution in [0.4, 0.5) is 8.78 Å². The smallest absolute Gasteiger partial charge is 0.309 e. The lowest BCUT2D eigenvalue weighted by Gasteiger charge is -2.19. The van der Waals surface area contributed by atoms with Crippen molar-refractivity contribution in [2.45, 2.75) is 25.4 Å². The van der Waals surface area contributed by atoms with Crippen LogP contribution in [0.1, 0.15) is 18.1 Å². The Labute approximate surface area is 85.9 Å². The van der Waals surface area contributed by atoms with Crippen LogP contribution in [-0.4, -0.2) is 12.1 Å². The van der Waals surface area contributed by atoms with Crippen molar-refractivity contribution in [3.8, 4) is 0 Å². The van der Waals surface area contributed by atoms with Gasteiger partial charge in [-0.1, -0.05) is 24.3 Å². The Kier molecular flexibility index (Phi) is 2.21. The van der Waals surface area contributed by atoms with Crippen LogP contribution in [0.5, 0.6) is 0 Å². The van der Waals surface area contributed by atoms with Gasteiger partial charge in [-0.2, -0.15) is 8.78 Å². The number of carbonyl (C=O) groups is 1. The Morgan fingerprint density at radius 2 is 2.13 bits per heavy atom. The van der Waals surface area contributed by atoms with Gasteiger partial charge in [0, 0.05) is 18.9 Å². The molecule has 0 heterocycles. The Morgan fingerprint density at radius 1 is 1.47 bits per heavy atom. The molecule has 1 unspecified atom stereocenters. The molecule has 0 saturated carbocycles. The van der Waals surface area contributed by atoms with Crippen LogP contribution < -0.4 is 0 Å². The summed E-state index contributed by atoms with van der Waals surface area (Å²) in [5, 5.41) is 0. The molecule has 0 aromatic heterocycles. The van der Waals surface area contributed by atoms with E-state index in [-0.39, 0.29) is 12.0 Å². The standard InChI is InChI=1S/C11H10F2O2/c1-7(14)15-10-6-8-4-2-3-5-9(8)11(10,12)13/h2-5,10H,6H2,1H3. The fraction of sp³-hybridized carbons (Fsp3) is 0.364. The molecule has 1 aliphatic rings. The average Bonchev–Trinajstić information content (AvgIpc) is 2.39. The summed E-state index contributed by atoms with van der Waals surface area (Å²) in [7, 11) is 0. The van der Waals surface area contributed by atoms with Gasteiger partial charge in [0.15, 0.2) is 6.10 Å². The summed E-state index contributed by atoms with van der Waals surface area (Å²) in [4.78, 5) is 10.7. The Bertz CT molecular complexity index is 401. The average molecular weight is 212 g/mol. The van der Waals surface area contributed by atoms with Crippen molar-refractivity contribution in [1.29, 1.82) is 0 Å². The number of ether oxygens (including phenoxy) is 1. The molecule has 0 radical (unpaired) electrons. The fourth-order valence-corrected chi connectivity index (χ4v) is 1.84. The summed E-state index contributed by atoms with van der Waals surface area (Å²) in [6.07, 6.45) is -1.27. The van der Waals surface area contributed by atoms with Crippen molar-refractivity contribution in [3.05, 3.63) is 35.4 Å². The maximum atomic E-state index is 13.7. The molecule has 1 aliphatic carbocycles. The Morgan fingerprint density at radius 3 is 2.73 bits per heavy atom. The number of hydrogen-bond donors (Lipinski definition) is 0. The Hall–Kier alpha value is -1.45. The predicted molar refractivity (Wildman–Crippen MR) is 49.6 cm³/mol. The van der Waals surface area contributed by atoms with E-state index in [0.717, 1.165) is 6.92 Å². The number of halogens is 2. The summed E-state index contributed by atoms with van der Waals surface area (Å²) in [6.45, 7) is 1.14. The van der Waals surface area contributed by atoms with Gasteiger partial charge >= 0.3 is 11.9 Å². The summed E-state index contributed by atoms with van der Waals surface area (Å²) in [5.41, 5.74) is 0.519. The molecular weight excluding hydrogens is 202 g/mol. The first-order valence-electron chi connectivity index (χ1n) is 4.65. The first kappa shape index (κ1) is 10.1. The van der Waals surface area contributed by atoms with Gasteiger partial charge in [-0.05, 0) is 5.56 Å². The third kappa shape index (κ3) is 1.60. The van der Waals surface area contributed by atoms with Crippen molar-refractivity contribution >= 4 is 5.97 Å². The third-order valence-corrected chi connectivity index (χ3v) is 2.49. The highest BCUT2D eigenvalue weighted by molar-refractivity contribution is 5.66. The number of fused-ring (bicyclic) bond motifs is 1. The highest BCUT2D eigenvalue weighted by Gasteiger charge is 2.50. The normalized spacial score (nSPS) is 22.2. The third-order valence-electron chi connectivity index (χ3n) is 2.49. The van der Waals surface area contributed by atoms with Crippen LogP contribution >= 0.6 is 0 Å². The molecule has 2 nitrogen and oxygen atoms in total. The highest BCUT2D eigenvalue weighted by atomic mass is 19.3. The van der Waals surface area contributed by atoms with Gasteiger partial charge in [-0.3, -0.25) is 4.79 Å². The second kappa shape index (κ2) is 3.29. The monoisotopic (exact) mass is 212 g/mol. The molecule has 1 atom stereocenters. The van der Waals surface area contributed by atoms with E-state index in [4.69, 9.17) is 0 Å². The van der Waals surface area contributed by atoms with E-state index in [9.17, 15) is 13.6 Å². The molecule has 0 N–H and O–H groups in total. The van der Waals surface area contributed by atoms with Gasteiger partial charge in [-0.15, -0.1) is 0 Å². The summed E-state index contributed by atoms with van der Waals surface area (Å²) >= 11 is 0. The van der Waals surface area contributed by atoms with Gasteiger partial charge in [0.25, 0.3) is 0 Å². The van der Waals surface area contributed by atoms with Gasteiger partial charge in [0.05, 0.1) is 0 Å². The molecule has 0 aliphatic heterocycles. The molecule has 0 bridgehead atoms. The van der Waals surface area contributed by atoms with Crippen LogP contribution in [0, 0.1) is 0 Å². The minimum absolute atomic E-state index is 0.0312. The summed E-state index contributed by atoms with van der Waals surface area (Å²) in [6, 6.07) is 6.26. The second-order valence-corrected chi connectivity index (χ2v) is 3.58. The number of benzene rings is 1. The van der Waals surface area contributed by atoms with Gasteiger partial charge < -0.3 is 4.74 Å². The number of hydrogen-bond acceptors (Lipinski definition) is 2. The molecule has 0 saturated heterocycles. The molecule has 0 spiro atoms. The minimum Gasteiger partial charge on any atom is -0.455 e. The van der Waals surface area contributed by atoms with Crippen LogP contribution in [0.25, 0.3) is 0 Å². The molecule has 1 aromatic rings. The molecule has 2 rings (SSSR count). The number of alkyl halides is 2. The molecule has 4 heteroatoms. The molecule has 0 amide bonds. The van der Waals surface area contributed by atoms with E-state index in [2.05, 4.69) is 4.74 Å². The van der Waals surface area contributed by atoms with Crippen molar-refractivity contribution in [1.82, 2.24) is 0 Å². The van der Waals surface area contributed by atoms with Crippen LogP contribution in [-0.2, 0) is 21.9 Å². The van der Waals surface area contributed by atoms with E-state index < -0.39 is 18.0 Å². The molecule has 1 aromatic carbocycles. The first-order chi connectivity index (χ1) is 7.01. The predicted octanol–water partition coefficient (Wildman–Crippen LogP) is 2.27.